The molecule has 1 aliphatic rings. The maximum Gasteiger partial charge on any atom is 0.416 e. The number of hydrogen-bond acceptors (Lipinski definition) is 1. The molecule has 1 fully saturated rings. The smallest absolute Gasteiger partial charge is 0.416 e. The third-order valence-electron chi connectivity index (χ3n) is 5.04. The number of anilines is 1. The average molecular weight is 472 g/mol. The second kappa shape index (κ2) is 8.29. The zero-order valence-electron chi connectivity index (χ0n) is 15.0. The molecule has 148 valence electrons. The first-order chi connectivity index (χ1) is 12.9. The summed E-state index contributed by atoms with van der Waals surface area (Å²) in [5, 5.41) is 1.75. The molecule has 0 bridgehead atoms. The molecule has 1 aliphatic heterocycles. The Morgan fingerprint density at radius 2 is 1.64 bits per heavy atom. The standard InChI is InChI=1S/C21H19ClF3N2.BrH/c22-17-7-8-18-19(26-10-1-2-11-26)9-12-27(20(18)13-17)14-15-3-5-16(6-4-15)21(23,24)25;/h3-9,12-13H,1-2,10-11,14H2;1H/q+1;/p-1. The predicted octanol–water partition coefficient (Wildman–Crippen LogP) is 2.45. The minimum absolute atomic E-state index is 0. The summed E-state index contributed by atoms with van der Waals surface area (Å²) < 4.78 is 40.3. The van der Waals surface area contributed by atoms with Crippen molar-refractivity contribution in [3.05, 3.63) is 70.9 Å². The van der Waals surface area contributed by atoms with Crippen LogP contribution in [0.25, 0.3) is 10.9 Å². The molecule has 1 saturated heterocycles. The Hall–Kier alpha value is -1.79. The molecule has 2 aromatic carbocycles. The van der Waals surface area contributed by atoms with Crippen molar-refractivity contribution in [3.63, 3.8) is 0 Å². The van der Waals surface area contributed by atoms with Gasteiger partial charge in [0.2, 0.25) is 5.52 Å². The monoisotopic (exact) mass is 470 g/mol. The minimum Gasteiger partial charge on any atom is -1.00 e. The lowest BCUT2D eigenvalue weighted by Gasteiger charge is -2.19. The predicted molar refractivity (Wildman–Crippen MR) is 101 cm³/mol. The molecule has 7 heteroatoms. The van der Waals surface area contributed by atoms with E-state index in [1.54, 1.807) is 0 Å². The Kier molecular flexibility index (Phi) is 6.20. The van der Waals surface area contributed by atoms with Crippen molar-refractivity contribution in [1.82, 2.24) is 0 Å². The van der Waals surface area contributed by atoms with Crippen LogP contribution in [0, 0.1) is 0 Å². The van der Waals surface area contributed by atoms with Crippen LogP contribution in [0.4, 0.5) is 18.9 Å². The van der Waals surface area contributed by atoms with Gasteiger partial charge >= 0.3 is 6.18 Å². The molecule has 0 aliphatic carbocycles. The molecule has 0 saturated carbocycles. The Morgan fingerprint density at radius 1 is 0.964 bits per heavy atom. The van der Waals surface area contributed by atoms with Crippen molar-refractivity contribution in [2.45, 2.75) is 25.6 Å². The normalized spacial score (nSPS) is 14.4. The van der Waals surface area contributed by atoms with E-state index in [1.807, 2.05) is 29.0 Å². The van der Waals surface area contributed by atoms with E-state index in [0.29, 0.717) is 11.6 Å². The largest absolute Gasteiger partial charge is 1.00 e. The maximum absolute atomic E-state index is 12.8. The third-order valence-corrected chi connectivity index (χ3v) is 5.27. The summed E-state index contributed by atoms with van der Waals surface area (Å²) in [7, 11) is 0. The van der Waals surface area contributed by atoms with E-state index in [9.17, 15) is 13.2 Å². The molecule has 28 heavy (non-hydrogen) atoms. The van der Waals surface area contributed by atoms with Crippen LogP contribution >= 0.6 is 11.6 Å². The zero-order chi connectivity index (χ0) is 19.0. The van der Waals surface area contributed by atoms with E-state index >= 15 is 0 Å². The van der Waals surface area contributed by atoms with Gasteiger partial charge in [-0.2, -0.15) is 17.7 Å². The van der Waals surface area contributed by atoms with Crippen LogP contribution in [-0.2, 0) is 12.7 Å². The summed E-state index contributed by atoms with van der Waals surface area (Å²) in [6, 6.07) is 13.2. The fraction of sp³-hybridized carbons (Fsp3) is 0.286. The van der Waals surface area contributed by atoms with Gasteiger partial charge in [-0.15, -0.1) is 0 Å². The number of halogens is 5. The topological polar surface area (TPSA) is 7.12 Å². The highest BCUT2D eigenvalue weighted by atomic mass is 79.9. The van der Waals surface area contributed by atoms with Gasteiger partial charge in [0, 0.05) is 35.8 Å². The number of hydrogen-bond donors (Lipinski definition) is 0. The lowest BCUT2D eigenvalue weighted by atomic mass is 10.1. The highest BCUT2D eigenvalue weighted by Gasteiger charge is 2.30. The number of fused-ring (bicyclic) bond motifs is 1. The summed E-state index contributed by atoms with van der Waals surface area (Å²) in [5.41, 5.74) is 2.34. The molecule has 0 radical (unpaired) electrons. The van der Waals surface area contributed by atoms with Gasteiger partial charge in [-0.05, 0) is 37.1 Å². The van der Waals surface area contributed by atoms with E-state index < -0.39 is 11.7 Å². The van der Waals surface area contributed by atoms with E-state index in [-0.39, 0.29) is 17.0 Å². The summed E-state index contributed by atoms with van der Waals surface area (Å²) in [4.78, 5) is 2.37. The van der Waals surface area contributed by atoms with Gasteiger partial charge in [0.25, 0.3) is 0 Å². The Bertz CT molecular complexity index is 968. The minimum atomic E-state index is -4.32. The first-order valence-electron chi connectivity index (χ1n) is 8.94. The number of benzene rings is 2. The maximum atomic E-state index is 12.8. The van der Waals surface area contributed by atoms with Crippen LogP contribution in [0.3, 0.4) is 0 Å². The molecule has 0 N–H and O–H groups in total. The summed E-state index contributed by atoms with van der Waals surface area (Å²) in [6.45, 7) is 2.57. The fourth-order valence-electron chi connectivity index (χ4n) is 3.66. The van der Waals surface area contributed by atoms with Crippen molar-refractivity contribution in [1.29, 1.82) is 0 Å². The van der Waals surface area contributed by atoms with Crippen molar-refractivity contribution < 1.29 is 34.7 Å². The van der Waals surface area contributed by atoms with Gasteiger partial charge in [-0.3, -0.25) is 0 Å². The first-order valence-corrected chi connectivity index (χ1v) is 9.32. The third kappa shape index (κ3) is 4.28. The van der Waals surface area contributed by atoms with E-state index in [0.717, 1.165) is 41.7 Å². The highest BCUT2D eigenvalue weighted by molar-refractivity contribution is 6.31. The average Bonchev–Trinajstić information content (AvgIpc) is 3.16. The second-order valence-corrected chi connectivity index (χ2v) is 7.32. The van der Waals surface area contributed by atoms with E-state index in [4.69, 9.17) is 11.6 Å². The Morgan fingerprint density at radius 3 is 2.29 bits per heavy atom. The molecule has 0 unspecified atom stereocenters. The van der Waals surface area contributed by atoms with Crippen molar-refractivity contribution >= 4 is 28.2 Å². The molecule has 0 atom stereocenters. The van der Waals surface area contributed by atoms with Gasteiger partial charge in [-0.25, -0.2) is 0 Å². The molecule has 4 rings (SSSR count). The first kappa shape index (κ1) is 20.9. The van der Waals surface area contributed by atoms with Crippen LogP contribution in [0.15, 0.2) is 54.7 Å². The van der Waals surface area contributed by atoms with E-state index in [1.165, 1.54) is 30.7 Å². The Balaban J connectivity index is 0.00000225. The van der Waals surface area contributed by atoms with Crippen LogP contribution in [0.2, 0.25) is 5.02 Å². The van der Waals surface area contributed by atoms with Crippen LogP contribution in [-0.4, -0.2) is 13.1 Å². The van der Waals surface area contributed by atoms with Crippen LogP contribution in [0.5, 0.6) is 0 Å². The summed E-state index contributed by atoms with van der Waals surface area (Å²) in [6.07, 6.45) is 0.0539. The number of pyridine rings is 1. The molecule has 0 spiro atoms. The van der Waals surface area contributed by atoms with Gasteiger partial charge in [0.1, 0.15) is 0 Å². The van der Waals surface area contributed by atoms with Crippen molar-refractivity contribution in [2.24, 2.45) is 0 Å². The summed E-state index contributed by atoms with van der Waals surface area (Å²) in [5.74, 6) is 0. The van der Waals surface area contributed by atoms with Gasteiger partial charge in [0.05, 0.1) is 16.6 Å². The molecular weight excluding hydrogens is 453 g/mol. The van der Waals surface area contributed by atoms with Crippen LogP contribution in [0.1, 0.15) is 24.0 Å². The zero-order valence-corrected chi connectivity index (χ0v) is 17.4. The lowest BCUT2D eigenvalue weighted by Crippen LogP contribution is -3.00. The van der Waals surface area contributed by atoms with Gasteiger partial charge in [-0.1, -0.05) is 23.7 Å². The van der Waals surface area contributed by atoms with Crippen molar-refractivity contribution in [3.8, 4) is 0 Å². The number of aromatic nitrogens is 1. The molecular formula is C21H19BrClF3N2. The number of alkyl halides is 3. The lowest BCUT2D eigenvalue weighted by molar-refractivity contribution is -0.662. The SMILES string of the molecule is FC(F)(F)c1ccc(C[n+]2ccc(N3CCCC3)c3ccc(Cl)cc32)cc1.[Br-]. The van der Waals surface area contributed by atoms with Crippen LogP contribution < -0.4 is 26.4 Å². The van der Waals surface area contributed by atoms with E-state index in [2.05, 4.69) is 11.0 Å². The van der Waals surface area contributed by atoms with Gasteiger partial charge < -0.3 is 21.9 Å². The molecule has 2 heterocycles. The second-order valence-electron chi connectivity index (χ2n) is 6.88. The highest BCUT2D eigenvalue weighted by Crippen LogP contribution is 2.30. The number of rotatable bonds is 3. The molecule has 3 aromatic rings. The molecule has 2 nitrogen and oxygen atoms in total. The number of nitrogens with zero attached hydrogens (tertiary/aromatic N) is 2. The molecule has 0 amide bonds. The molecule has 1 aromatic heterocycles. The quantitative estimate of drug-likeness (QED) is 0.533. The van der Waals surface area contributed by atoms with Gasteiger partial charge in [0.15, 0.2) is 12.7 Å². The summed E-state index contributed by atoms with van der Waals surface area (Å²) >= 11 is 6.22. The fourth-order valence-corrected chi connectivity index (χ4v) is 3.82. The Labute approximate surface area is 177 Å². The van der Waals surface area contributed by atoms with Crippen molar-refractivity contribution in [2.75, 3.05) is 18.0 Å².